The Kier molecular flexibility index (Phi) is 3.77. The number of hydrogen-bond donors (Lipinski definition) is 0. The number of fused-ring (bicyclic) bond motifs is 1. The summed E-state index contributed by atoms with van der Waals surface area (Å²) < 4.78 is 3.65. The first kappa shape index (κ1) is 15.4. The van der Waals surface area contributed by atoms with Crippen molar-refractivity contribution in [2.75, 3.05) is 0 Å². The highest BCUT2D eigenvalue weighted by Crippen LogP contribution is 2.10. The fourth-order valence-electron chi connectivity index (χ4n) is 2.49. The molecule has 3 rings (SSSR count). The Morgan fingerprint density at radius 3 is 2.30 bits per heavy atom. The third-order valence-corrected chi connectivity index (χ3v) is 4.20. The van der Waals surface area contributed by atoms with Crippen molar-refractivity contribution in [3.05, 3.63) is 71.7 Å². The van der Waals surface area contributed by atoms with Gasteiger partial charge in [0.15, 0.2) is 15.8 Å². The predicted molar refractivity (Wildman–Crippen MR) is 89.7 cm³/mol. The van der Waals surface area contributed by atoms with E-state index in [1.165, 1.54) is 23.2 Å². The van der Waals surface area contributed by atoms with E-state index in [4.69, 9.17) is 0 Å². The van der Waals surface area contributed by atoms with Crippen molar-refractivity contribution in [2.24, 2.45) is 14.1 Å². The lowest BCUT2D eigenvalue weighted by Gasteiger charge is -2.14. The molecular weight excluding hydrogens is 364 g/mol. The Labute approximate surface area is 138 Å². The van der Waals surface area contributed by atoms with Crippen LogP contribution >= 0.6 is 15.9 Å². The third kappa shape index (κ3) is 2.44. The summed E-state index contributed by atoms with van der Waals surface area (Å²) in [5, 5.41) is 0. The van der Waals surface area contributed by atoms with Crippen LogP contribution in [0.3, 0.4) is 0 Å². The van der Waals surface area contributed by atoms with Gasteiger partial charge in [-0.05, 0) is 21.5 Å². The summed E-state index contributed by atoms with van der Waals surface area (Å²) >= 11 is 3.10. The minimum Gasteiger partial charge on any atom is -0.286 e. The van der Waals surface area contributed by atoms with Gasteiger partial charge >= 0.3 is 5.69 Å². The first-order valence-electron chi connectivity index (χ1n) is 6.82. The predicted octanol–water partition coefficient (Wildman–Crippen LogP) is 0.605. The van der Waals surface area contributed by atoms with E-state index in [0.717, 1.165) is 10.1 Å². The molecule has 0 amide bonds. The van der Waals surface area contributed by atoms with Gasteiger partial charge in [-0.25, -0.2) is 9.78 Å². The molecule has 0 atom stereocenters. The molecule has 0 N–H and O–H groups in total. The van der Waals surface area contributed by atoms with Gasteiger partial charge in [0.2, 0.25) is 0 Å². The van der Waals surface area contributed by atoms with Gasteiger partial charge in [-0.2, -0.15) is 0 Å². The van der Waals surface area contributed by atoms with Crippen molar-refractivity contribution in [1.82, 2.24) is 18.7 Å². The summed E-state index contributed by atoms with van der Waals surface area (Å²) in [5.41, 5.74) is -0.294. The van der Waals surface area contributed by atoms with Gasteiger partial charge in [0.05, 0.1) is 6.54 Å². The van der Waals surface area contributed by atoms with Crippen LogP contribution in [0.5, 0.6) is 0 Å². The van der Waals surface area contributed by atoms with E-state index in [9.17, 15) is 14.4 Å². The highest BCUT2D eigenvalue weighted by molar-refractivity contribution is 9.10. The van der Waals surface area contributed by atoms with Crippen LogP contribution in [-0.4, -0.2) is 18.7 Å². The van der Waals surface area contributed by atoms with Crippen LogP contribution in [0.15, 0.2) is 49.3 Å². The molecule has 0 unspecified atom stereocenters. The fourth-order valence-corrected chi connectivity index (χ4v) is 2.88. The van der Waals surface area contributed by atoms with Crippen molar-refractivity contribution < 1.29 is 0 Å². The molecule has 7 nitrogen and oxygen atoms in total. The number of hydrogen-bond acceptors (Lipinski definition) is 4. The average Bonchev–Trinajstić information content (AvgIpc) is 2.56. The van der Waals surface area contributed by atoms with Gasteiger partial charge in [-0.15, -0.1) is 0 Å². The number of aryl methyl sites for hydroxylation is 1. The summed E-state index contributed by atoms with van der Waals surface area (Å²) in [4.78, 5) is 41.0. The number of benzene rings is 1. The van der Waals surface area contributed by atoms with Crippen LogP contribution in [0.2, 0.25) is 0 Å². The Balaban J connectivity index is 2.45. The highest BCUT2D eigenvalue weighted by Gasteiger charge is 2.17. The van der Waals surface area contributed by atoms with E-state index in [-0.39, 0.29) is 22.3 Å². The Hall–Kier alpha value is -2.48. The van der Waals surface area contributed by atoms with Gasteiger partial charge in [0, 0.05) is 14.1 Å². The summed E-state index contributed by atoms with van der Waals surface area (Å²) in [7, 11) is 2.90. The maximum absolute atomic E-state index is 12.5. The van der Waals surface area contributed by atoms with E-state index in [0.29, 0.717) is 0 Å². The van der Waals surface area contributed by atoms with Crippen LogP contribution in [-0.2, 0) is 20.6 Å². The van der Waals surface area contributed by atoms with Gasteiger partial charge in [0.25, 0.3) is 11.1 Å². The minimum absolute atomic E-state index is 0.0386. The molecule has 0 aliphatic carbocycles. The molecule has 8 heteroatoms. The zero-order valence-corrected chi connectivity index (χ0v) is 14.1. The second-order valence-electron chi connectivity index (χ2n) is 5.16. The first-order chi connectivity index (χ1) is 10.9. The zero-order valence-electron chi connectivity index (χ0n) is 12.5. The molecule has 23 heavy (non-hydrogen) atoms. The second-order valence-corrected chi connectivity index (χ2v) is 5.91. The molecule has 0 saturated carbocycles. The lowest BCUT2D eigenvalue weighted by atomic mass is 10.2. The molecular formula is C15H13BrN4O3. The Morgan fingerprint density at radius 2 is 1.65 bits per heavy atom. The van der Waals surface area contributed by atoms with Crippen LogP contribution in [0, 0.1) is 0 Å². The molecule has 0 aliphatic heterocycles. The molecule has 2 aromatic heterocycles. The maximum atomic E-state index is 12.5. The monoisotopic (exact) mass is 376 g/mol. The molecule has 0 aliphatic rings. The SMILES string of the molecule is Cn1c(=O)c2nc(Br)c(=O)n(Cc3ccccc3)c2n(C)c1=O. The van der Waals surface area contributed by atoms with Gasteiger partial charge in [0.1, 0.15) is 0 Å². The number of nitrogens with zero attached hydrogens (tertiary/aromatic N) is 4. The molecule has 0 fully saturated rings. The smallest absolute Gasteiger partial charge is 0.286 e. The van der Waals surface area contributed by atoms with Gasteiger partial charge < -0.3 is 0 Å². The van der Waals surface area contributed by atoms with Crippen molar-refractivity contribution in [3.8, 4) is 0 Å². The fraction of sp³-hybridized carbons (Fsp3) is 0.200. The summed E-state index contributed by atoms with van der Waals surface area (Å²) in [6.45, 7) is 0.234. The van der Waals surface area contributed by atoms with Gasteiger partial charge in [-0.3, -0.25) is 23.3 Å². The van der Waals surface area contributed by atoms with E-state index in [1.54, 1.807) is 0 Å². The highest BCUT2D eigenvalue weighted by atomic mass is 79.9. The van der Waals surface area contributed by atoms with E-state index in [2.05, 4.69) is 20.9 Å². The van der Waals surface area contributed by atoms with Crippen molar-refractivity contribution in [1.29, 1.82) is 0 Å². The maximum Gasteiger partial charge on any atom is 0.332 e. The van der Waals surface area contributed by atoms with Crippen LogP contribution in [0.4, 0.5) is 0 Å². The topological polar surface area (TPSA) is 78.9 Å². The van der Waals surface area contributed by atoms with E-state index >= 15 is 0 Å². The molecule has 3 aromatic rings. The lowest BCUT2D eigenvalue weighted by Crippen LogP contribution is -2.40. The third-order valence-electron chi connectivity index (χ3n) is 3.68. The van der Waals surface area contributed by atoms with E-state index in [1.807, 2.05) is 30.3 Å². The number of aromatic nitrogens is 4. The standard InChI is InChI=1S/C15H13BrN4O3/c1-18-12-10(13(21)19(2)15(18)23)17-11(16)14(22)20(12)8-9-6-4-3-5-7-9/h3-7H,8H2,1-2H3. The molecule has 0 radical (unpaired) electrons. The minimum atomic E-state index is -0.536. The molecule has 0 spiro atoms. The molecule has 2 heterocycles. The first-order valence-corrected chi connectivity index (χ1v) is 7.61. The van der Waals surface area contributed by atoms with Crippen molar-refractivity contribution in [3.63, 3.8) is 0 Å². The summed E-state index contributed by atoms with van der Waals surface area (Å²) in [6.07, 6.45) is 0. The lowest BCUT2D eigenvalue weighted by molar-refractivity contribution is 0.666. The second kappa shape index (κ2) is 5.62. The van der Waals surface area contributed by atoms with E-state index < -0.39 is 16.8 Å². The zero-order chi connectivity index (χ0) is 16.7. The van der Waals surface area contributed by atoms with Gasteiger partial charge in [-0.1, -0.05) is 30.3 Å². The van der Waals surface area contributed by atoms with Crippen LogP contribution in [0.25, 0.3) is 11.2 Å². The van der Waals surface area contributed by atoms with Crippen LogP contribution < -0.4 is 16.8 Å². The largest absolute Gasteiger partial charge is 0.332 e. The number of rotatable bonds is 2. The molecule has 118 valence electrons. The van der Waals surface area contributed by atoms with Crippen molar-refractivity contribution in [2.45, 2.75) is 6.54 Å². The average molecular weight is 377 g/mol. The molecule has 0 saturated heterocycles. The normalized spacial score (nSPS) is 11.1. The summed E-state index contributed by atoms with van der Waals surface area (Å²) in [5.74, 6) is 0. The van der Waals surface area contributed by atoms with Crippen molar-refractivity contribution >= 4 is 27.1 Å². The Bertz CT molecular complexity index is 1080. The molecule has 0 bridgehead atoms. The molecule has 1 aromatic carbocycles. The Morgan fingerprint density at radius 1 is 1.00 bits per heavy atom. The quantitative estimate of drug-likeness (QED) is 0.656. The number of halogens is 1. The van der Waals surface area contributed by atoms with Crippen LogP contribution in [0.1, 0.15) is 5.56 Å². The summed E-state index contributed by atoms with van der Waals surface area (Å²) in [6, 6.07) is 9.32.